The van der Waals surface area contributed by atoms with Gasteiger partial charge < -0.3 is 10.5 Å². The van der Waals surface area contributed by atoms with E-state index in [2.05, 4.69) is 33.8 Å². The van der Waals surface area contributed by atoms with Crippen molar-refractivity contribution in [1.29, 1.82) is 0 Å². The molecule has 1 aromatic rings. The van der Waals surface area contributed by atoms with E-state index in [4.69, 9.17) is 10.5 Å². The molecule has 0 heterocycles. The predicted octanol–water partition coefficient (Wildman–Crippen LogP) is 3.28. The Morgan fingerprint density at radius 2 is 2.21 bits per heavy atom. The predicted molar refractivity (Wildman–Crippen MR) is 83.0 cm³/mol. The summed E-state index contributed by atoms with van der Waals surface area (Å²) in [5.41, 5.74) is 7.88. The first-order valence-corrected chi connectivity index (χ1v) is 7.68. The summed E-state index contributed by atoms with van der Waals surface area (Å²) in [5.74, 6) is 0.865. The van der Waals surface area contributed by atoms with Crippen LogP contribution in [-0.4, -0.2) is 31.2 Å². The summed E-state index contributed by atoms with van der Waals surface area (Å²) in [6.07, 6.45) is 2.74. The van der Waals surface area contributed by atoms with Gasteiger partial charge in [0, 0.05) is 36.4 Å². The van der Waals surface area contributed by atoms with E-state index >= 15 is 0 Å². The van der Waals surface area contributed by atoms with Crippen molar-refractivity contribution in [1.82, 2.24) is 4.90 Å². The number of halogens is 1. The molecule has 1 aliphatic carbocycles. The van der Waals surface area contributed by atoms with Gasteiger partial charge >= 0.3 is 0 Å². The second-order valence-corrected chi connectivity index (χ2v) is 6.25. The van der Waals surface area contributed by atoms with Gasteiger partial charge in [-0.1, -0.05) is 22.0 Å². The maximum Gasteiger partial charge on any atom is 0.0589 e. The summed E-state index contributed by atoms with van der Waals surface area (Å²) >= 11 is 3.61. The second kappa shape index (κ2) is 6.73. The molecule has 4 heteroatoms. The van der Waals surface area contributed by atoms with Gasteiger partial charge in [-0.05, 0) is 43.4 Å². The van der Waals surface area contributed by atoms with Crippen LogP contribution in [0.4, 0.5) is 5.69 Å². The van der Waals surface area contributed by atoms with Crippen molar-refractivity contribution in [2.75, 3.05) is 26.0 Å². The highest BCUT2D eigenvalue weighted by atomic mass is 79.9. The molecule has 0 amide bonds. The number of nitrogens with two attached hydrogens (primary N) is 1. The van der Waals surface area contributed by atoms with Crippen LogP contribution >= 0.6 is 15.9 Å². The van der Waals surface area contributed by atoms with E-state index in [0.717, 1.165) is 35.8 Å². The number of benzene rings is 1. The van der Waals surface area contributed by atoms with Crippen molar-refractivity contribution < 1.29 is 4.74 Å². The van der Waals surface area contributed by atoms with Gasteiger partial charge in [0.2, 0.25) is 0 Å². The number of rotatable bonds is 7. The van der Waals surface area contributed by atoms with Crippen LogP contribution in [0, 0.1) is 5.92 Å². The molecule has 2 rings (SSSR count). The standard InChI is InChI=1S/C15H23BrN2O/c1-11(12-3-4-12)18(7-8-19-2)10-13-5-6-14(17)9-15(13)16/h5-6,9,11-12H,3-4,7-8,10,17H2,1-2H3. The molecule has 0 aliphatic heterocycles. The molecule has 1 saturated carbocycles. The Bertz CT molecular complexity index is 421. The van der Waals surface area contributed by atoms with Crippen LogP contribution < -0.4 is 5.73 Å². The Hall–Kier alpha value is -0.580. The minimum absolute atomic E-state index is 0.625. The van der Waals surface area contributed by atoms with E-state index < -0.39 is 0 Å². The highest BCUT2D eigenvalue weighted by Crippen LogP contribution is 2.36. The lowest BCUT2D eigenvalue weighted by Crippen LogP contribution is -2.36. The third-order valence-electron chi connectivity index (χ3n) is 3.91. The minimum Gasteiger partial charge on any atom is -0.399 e. The summed E-state index contributed by atoms with van der Waals surface area (Å²) in [7, 11) is 1.76. The van der Waals surface area contributed by atoms with E-state index in [1.54, 1.807) is 7.11 Å². The van der Waals surface area contributed by atoms with Crippen molar-refractivity contribution in [3.05, 3.63) is 28.2 Å². The van der Waals surface area contributed by atoms with E-state index in [0.29, 0.717) is 6.04 Å². The fraction of sp³-hybridized carbons (Fsp3) is 0.600. The lowest BCUT2D eigenvalue weighted by atomic mass is 10.1. The van der Waals surface area contributed by atoms with E-state index in [-0.39, 0.29) is 0 Å². The molecule has 0 saturated heterocycles. The Labute approximate surface area is 124 Å². The molecule has 0 radical (unpaired) electrons. The fourth-order valence-electron chi connectivity index (χ4n) is 2.42. The Morgan fingerprint density at radius 1 is 1.47 bits per heavy atom. The molecular formula is C15H23BrN2O. The molecule has 0 aromatic heterocycles. The Kier molecular flexibility index (Phi) is 5.25. The zero-order chi connectivity index (χ0) is 13.8. The molecule has 1 atom stereocenters. The number of anilines is 1. The van der Waals surface area contributed by atoms with Crippen LogP contribution in [0.5, 0.6) is 0 Å². The average Bonchev–Trinajstić information content (AvgIpc) is 3.20. The van der Waals surface area contributed by atoms with Crippen LogP contribution in [0.2, 0.25) is 0 Å². The van der Waals surface area contributed by atoms with Gasteiger partial charge in [0.05, 0.1) is 6.61 Å². The zero-order valence-electron chi connectivity index (χ0n) is 11.7. The summed E-state index contributed by atoms with van der Waals surface area (Å²) in [6, 6.07) is 6.68. The van der Waals surface area contributed by atoms with Crippen molar-refractivity contribution in [2.45, 2.75) is 32.4 Å². The molecule has 106 valence electrons. The van der Waals surface area contributed by atoms with Gasteiger partial charge in [0.15, 0.2) is 0 Å². The van der Waals surface area contributed by atoms with Crippen LogP contribution in [0.25, 0.3) is 0 Å². The first kappa shape index (κ1) is 14.8. The number of hydrogen-bond acceptors (Lipinski definition) is 3. The highest BCUT2D eigenvalue weighted by molar-refractivity contribution is 9.10. The van der Waals surface area contributed by atoms with E-state index in [1.807, 2.05) is 12.1 Å². The van der Waals surface area contributed by atoms with Gasteiger partial charge in [0.1, 0.15) is 0 Å². The van der Waals surface area contributed by atoms with Crippen molar-refractivity contribution in [3.63, 3.8) is 0 Å². The van der Waals surface area contributed by atoms with Gasteiger partial charge in [-0.3, -0.25) is 4.90 Å². The van der Waals surface area contributed by atoms with Crippen LogP contribution in [0.1, 0.15) is 25.3 Å². The van der Waals surface area contributed by atoms with Gasteiger partial charge in [-0.15, -0.1) is 0 Å². The van der Waals surface area contributed by atoms with Crippen molar-refractivity contribution >= 4 is 21.6 Å². The molecule has 0 spiro atoms. The summed E-state index contributed by atoms with van der Waals surface area (Å²) < 4.78 is 6.33. The SMILES string of the molecule is COCCN(Cc1ccc(N)cc1Br)C(C)C1CC1. The molecule has 1 unspecified atom stereocenters. The van der Waals surface area contributed by atoms with E-state index in [9.17, 15) is 0 Å². The molecule has 0 bridgehead atoms. The third kappa shape index (κ3) is 4.20. The second-order valence-electron chi connectivity index (χ2n) is 5.39. The average molecular weight is 327 g/mol. The number of nitrogen functional groups attached to an aromatic ring is 1. The highest BCUT2D eigenvalue weighted by Gasteiger charge is 2.31. The van der Waals surface area contributed by atoms with Crippen LogP contribution in [-0.2, 0) is 11.3 Å². The van der Waals surface area contributed by atoms with Crippen LogP contribution in [0.3, 0.4) is 0 Å². The van der Waals surface area contributed by atoms with Crippen LogP contribution in [0.15, 0.2) is 22.7 Å². The summed E-state index contributed by atoms with van der Waals surface area (Å²) in [4.78, 5) is 2.51. The molecule has 1 aliphatic rings. The third-order valence-corrected chi connectivity index (χ3v) is 4.65. The monoisotopic (exact) mass is 326 g/mol. The Morgan fingerprint density at radius 3 is 2.79 bits per heavy atom. The largest absolute Gasteiger partial charge is 0.399 e. The van der Waals surface area contributed by atoms with E-state index in [1.165, 1.54) is 18.4 Å². The van der Waals surface area contributed by atoms with Crippen molar-refractivity contribution in [3.8, 4) is 0 Å². The smallest absolute Gasteiger partial charge is 0.0589 e. The number of nitrogens with zero attached hydrogens (tertiary/aromatic N) is 1. The molecule has 1 aromatic carbocycles. The molecule has 19 heavy (non-hydrogen) atoms. The maximum absolute atomic E-state index is 5.79. The van der Waals surface area contributed by atoms with Gasteiger partial charge in [0.25, 0.3) is 0 Å². The Balaban J connectivity index is 2.05. The molecule has 3 nitrogen and oxygen atoms in total. The molecular weight excluding hydrogens is 304 g/mol. The fourth-order valence-corrected chi connectivity index (χ4v) is 2.94. The van der Waals surface area contributed by atoms with Gasteiger partial charge in [-0.2, -0.15) is 0 Å². The topological polar surface area (TPSA) is 38.5 Å². The van der Waals surface area contributed by atoms with Gasteiger partial charge in [-0.25, -0.2) is 0 Å². The normalized spacial score (nSPS) is 16.8. The minimum atomic E-state index is 0.625. The summed E-state index contributed by atoms with van der Waals surface area (Å²) in [5, 5.41) is 0. The first-order valence-electron chi connectivity index (χ1n) is 6.88. The molecule has 1 fully saturated rings. The number of methoxy groups -OCH3 is 1. The number of hydrogen-bond donors (Lipinski definition) is 1. The summed E-state index contributed by atoms with van der Waals surface area (Å²) in [6.45, 7) is 5.04. The van der Waals surface area contributed by atoms with Crippen molar-refractivity contribution in [2.24, 2.45) is 5.92 Å². The quantitative estimate of drug-likeness (QED) is 0.781. The number of ether oxygens (including phenoxy) is 1. The first-order chi connectivity index (χ1) is 9.11. The zero-order valence-corrected chi connectivity index (χ0v) is 13.3. The lowest BCUT2D eigenvalue weighted by Gasteiger charge is -2.29. The molecule has 2 N–H and O–H groups in total. The lowest BCUT2D eigenvalue weighted by molar-refractivity contribution is 0.111. The maximum atomic E-state index is 5.79.